The van der Waals surface area contributed by atoms with Crippen LogP contribution in [0, 0.1) is 5.41 Å². The molecule has 0 aliphatic heterocycles. The van der Waals surface area contributed by atoms with Crippen molar-refractivity contribution >= 4 is 33.2 Å². The fourth-order valence-electron chi connectivity index (χ4n) is 1.42. The van der Waals surface area contributed by atoms with Gasteiger partial charge < -0.3 is 5.11 Å². The Labute approximate surface area is 130 Å². The Hall–Kier alpha value is -0.330. The molecule has 0 fully saturated rings. The second kappa shape index (κ2) is 6.62. The molecule has 0 unspecified atom stereocenters. The highest BCUT2D eigenvalue weighted by atomic mass is 35.5. The fourth-order valence-corrected chi connectivity index (χ4v) is 3.59. The van der Waals surface area contributed by atoms with Crippen molar-refractivity contribution < 1.29 is 13.5 Å². The topological polar surface area (TPSA) is 66.4 Å². The number of aliphatic hydroxyl groups is 1. The van der Waals surface area contributed by atoms with Crippen molar-refractivity contribution in [3.05, 3.63) is 27.7 Å². The van der Waals surface area contributed by atoms with Gasteiger partial charge in [0.05, 0.1) is 11.6 Å². The van der Waals surface area contributed by atoms with Gasteiger partial charge in [0.25, 0.3) is 0 Å². The van der Waals surface area contributed by atoms with E-state index in [1.54, 1.807) is 0 Å². The summed E-state index contributed by atoms with van der Waals surface area (Å²) in [5, 5.41) is 9.39. The Morgan fingerprint density at radius 3 is 2.40 bits per heavy atom. The van der Waals surface area contributed by atoms with Crippen LogP contribution in [0.4, 0.5) is 0 Å². The van der Waals surface area contributed by atoms with E-state index in [0.29, 0.717) is 6.54 Å². The largest absolute Gasteiger partial charge is 0.392 e. The number of halogens is 2. The highest BCUT2D eigenvalue weighted by Gasteiger charge is 2.24. The number of aliphatic hydroxyl groups excluding tert-OH is 1. The highest BCUT2D eigenvalue weighted by molar-refractivity contribution is 7.89. The Morgan fingerprint density at radius 1 is 1.30 bits per heavy atom. The number of hydrogen-bond acceptors (Lipinski definition) is 3. The average Bonchev–Trinajstić information content (AvgIpc) is 2.39. The van der Waals surface area contributed by atoms with Crippen LogP contribution in [0.5, 0.6) is 0 Å². The van der Waals surface area contributed by atoms with Gasteiger partial charge in [-0.15, -0.1) is 0 Å². The second-order valence-electron chi connectivity index (χ2n) is 5.38. The summed E-state index contributed by atoms with van der Waals surface area (Å²) in [5.41, 5.74) is 0.132. The predicted molar refractivity (Wildman–Crippen MR) is 81.6 cm³/mol. The zero-order valence-electron chi connectivity index (χ0n) is 11.7. The van der Waals surface area contributed by atoms with Crippen LogP contribution in [-0.4, -0.2) is 20.1 Å². The van der Waals surface area contributed by atoms with Gasteiger partial charge in [-0.05, 0) is 29.5 Å². The molecule has 114 valence electrons. The Kier molecular flexibility index (Phi) is 5.87. The van der Waals surface area contributed by atoms with Gasteiger partial charge in [-0.1, -0.05) is 44.0 Å². The number of sulfonamides is 1. The van der Waals surface area contributed by atoms with Gasteiger partial charge in [-0.25, -0.2) is 13.1 Å². The lowest BCUT2D eigenvalue weighted by Crippen LogP contribution is -2.33. The predicted octanol–water partition coefficient (Wildman–Crippen LogP) is 3.20. The standard InChI is InChI=1S/C13H19Cl2NO3S/c1-4-13(2,3)8-16-20(18,19)11-6-10(14)5-9(7-17)12(11)15/h5-6,16-17H,4,7-8H2,1-3H3. The normalized spacial score (nSPS) is 12.7. The van der Waals surface area contributed by atoms with E-state index in [1.165, 1.54) is 12.1 Å². The van der Waals surface area contributed by atoms with Crippen molar-refractivity contribution in [2.45, 2.75) is 38.7 Å². The number of rotatable bonds is 6. The van der Waals surface area contributed by atoms with Gasteiger partial charge in [0.2, 0.25) is 10.0 Å². The molecule has 0 saturated carbocycles. The lowest BCUT2D eigenvalue weighted by Gasteiger charge is -2.23. The van der Waals surface area contributed by atoms with Crippen LogP contribution in [-0.2, 0) is 16.6 Å². The van der Waals surface area contributed by atoms with Gasteiger partial charge in [-0.2, -0.15) is 0 Å². The second-order valence-corrected chi connectivity index (χ2v) is 7.93. The Bertz CT molecular complexity index is 586. The van der Waals surface area contributed by atoms with Crippen LogP contribution in [0.3, 0.4) is 0 Å². The molecule has 2 N–H and O–H groups in total. The van der Waals surface area contributed by atoms with E-state index >= 15 is 0 Å². The molecule has 0 amide bonds. The van der Waals surface area contributed by atoms with Crippen molar-refractivity contribution in [3.8, 4) is 0 Å². The summed E-state index contributed by atoms with van der Waals surface area (Å²) in [7, 11) is -3.77. The molecule has 20 heavy (non-hydrogen) atoms. The smallest absolute Gasteiger partial charge is 0.242 e. The van der Waals surface area contributed by atoms with Gasteiger partial charge in [0.1, 0.15) is 4.90 Å². The quantitative estimate of drug-likeness (QED) is 0.836. The van der Waals surface area contributed by atoms with Crippen LogP contribution < -0.4 is 4.72 Å². The van der Waals surface area contributed by atoms with Crippen molar-refractivity contribution in [2.24, 2.45) is 5.41 Å². The number of benzene rings is 1. The van der Waals surface area contributed by atoms with Crippen molar-refractivity contribution in [1.82, 2.24) is 4.72 Å². The molecule has 0 atom stereocenters. The van der Waals surface area contributed by atoms with E-state index in [0.717, 1.165) is 6.42 Å². The third-order valence-electron chi connectivity index (χ3n) is 3.24. The molecule has 1 aromatic rings. The zero-order valence-corrected chi connectivity index (χ0v) is 14.0. The minimum Gasteiger partial charge on any atom is -0.392 e. The van der Waals surface area contributed by atoms with E-state index in [1.807, 2.05) is 20.8 Å². The molecule has 1 rings (SSSR count). The first-order chi connectivity index (χ1) is 9.13. The van der Waals surface area contributed by atoms with Crippen molar-refractivity contribution in [1.29, 1.82) is 0 Å². The van der Waals surface area contributed by atoms with Gasteiger partial charge >= 0.3 is 0 Å². The maximum absolute atomic E-state index is 12.3. The minimum atomic E-state index is -3.77. The first-order valence-corrected chi connectivity index (χ1v) is 8.45. The molecular formula is C13H19Cl2NO3S. The summed E-state index contributed by atoms with van der Waals surface area (Å²) in [6.45, 7) is 5.85. The van der Waals surface area contributed by atoms with Crippen molar-refractivity contribution in [2.75, 3.05) is 6.54 Å². The molecule has 4 nitrogen and oxygen atoms in total. The van der Waals surface area contributed by atoms with Crippen LogP contribution >= 0.6 is 23.2 Å². The van der Waals surface area contributed by atoms with Crippen LogP contribution in [0.25, 0.3) is 0 Å². The molecule has 7 heteroatoms. The monoisotopic (exact) mass is 339 g/mol. The average molecular weight is 340 g/mol. The molecule has 0 aliphatic carbocycles. The highest BCUT2D eigenvalue weighted by Crippen LogP contribution is 2.30. The molecule has 0 aromatic heterocycles. The molecule has 0 bridgehead atoms. The summed E-state index contributed by atoms with van der Waals surface area (Å²) < 4.78 is 27.1. The molecule has 0 radical (unpaired) electrons. The van der Waals surface area contributed by atoms with E-state index in [2.05, 4.69) is 4.72 Å². The Balaban J connectivity index is 3.13. The first kappa shape index (κ1) is 17.7. The summed E-state index contributed by atoms with van der Waals surface area (Å²) in [4.78, 5) is -0.109. The van der Waals surface area contributed by atoms with Crippen LogP contribution in [0.1, 0.15) is 32.8 Å². The van der Waals surface area contributed by atoms with E-state index in [4.69, 9.17) is 23.2 Å². The van der Waals surface area contributed by atoms with Gasteiger partial charge in [-0.3, -0.25) is 0 Å². The van der Waals surface area contributed by atoms with Gasteiger partial charge in [0.15, 0.2) is 0 Å². The summed E-state index contributed by atoms with van der Waals surface area (Å²) in [5.74, 6) is 0. The lowest BCUT2D eigenvalue weighted by atomic mass is 9.91. The van der Waals surface area contributed by atoms with Crippen LogP contribution in [0.2, 0.25) is 10.0 Å². The SMILES string of the molecule is CCC(C)(C)CNS(=O)(=O)c1cc(Cl)cc(CO)c1Cl. The van der Waals surface area contributed by atoms with E-state index in [9.17, 15) is 13.5 Å². The number of hydrogen-bond donors (Lipinski definition) is 2. The molecule has 0 saturated heterocycles. The first-order valence-electron chi connectivity index (χ1n) is 6.21. The summed E-state index contributed by atoms with van der Waals surface area (Å²) >= 11 is 11.9. The Morgan fingerprint density at radius 2 is 1.90 bits per heavy atom. The van der Waals surface area contributed by atoms with E-state index in [-0.39, 0.29) is 32.5 Å². The zero-order chi connectivity index (χ0) is 15.6. The molecular weight excluding hydrogens is 321 g/mol. The van der Waals surface area contributed by atoms with Crippen molar-refractivity contribution in [3.63, 3.8) is 0 Å². The molecule has 1 aromatic carbocycles. The van der Waals surface area contributed by atoms with E-state index < -0.39 is 10.0 Å². The number of nitrogens with one attached hydrogen (secondary N) is 1. The minimum absolute atomic E-state index is 0.00120. The third-order valence-corrected chi connectivity index (χ3v) is 5.44. The third kappa shape index (κ3) is 4.33. The molecule has 0 heterocycles. The maximum atomic E-state index is 12.3. The molecule has 0 aliphatic rings. The maximum Gasteiger partial charge on any atom is 0.242 e. The van der Waals surface area contributed by atoms with Crippen LogP contribution in [0.15, 0.2) is 17.0 Å². The summed E-state index contributed by atoms with van der Waals surface area (Å²) in [6, 6.07) is 2.73. The molecule has 0 spiro atoms. The lowest BCUT2D eigenvalue weighted by molar-refractivity contribution is 0.281. The van der Waals surface area contributed by atoms with Gasteiger partial charge in [0, 0.05) is 11.6 Å². The summed E-state index contributed by atoms with van der Waals surface area (Å²) in [6.07, 6.45) is 0.834. The fraction of sp³-hybridized carbons (Fsp3) is 0.538.